The Balaban J connectivity index is 1.65. The Morgan fingerprint density at radius 1 is 1.38 bits per heavy atom. The summed E-state index contributed by atoms with van der Waals surface area (Å²) in [4.78, 5) is 25.4. The van der Waals surface area contributed by atoms with Crippen LogP contribution < -0.4 is 10.1 Å². The van der Waals surface area contributed by atoms with E-state index >= 15 is 0 Å². The number of anilines is 1. The Labute approximate surface area is 170 Å². The minimum absolute atomic E-state index is 0.0162. The van der Waals surface area contributed by atoms with Gasteiger partial charge in [0.2, 0.25) is 5.91 Å². The van der Waals surface area contributed by atoms with Crippen LogP contribution in [0.4, 0.5) is 14.9 Å². The quantitative estimate of drug-likeness (QED) is 0.802. The maximum atomic E-state index is 14.0. The summed E-state index contributed by atoms with van der Waals surface area (Å²) in [6.45, 7) is 8.03. The predicted octanol–water partition coefficient (Wildman–Crippen LogP) is 3.10. The fraction of sp³-hybridized carbons (Fsp3) is 0.619. The lowest BCUT2D eigenvalue weighted by Gasteiger charge is -2.43. The lowest BCUT2D eigenvalue weighted by Crippen LogP contribution is -2.55. The second-order valence-electron chi connectivity index (χ2n) is 8.92. The summed E-state index contributed by atoms with van der Waals surface area (Å²) in [6, 6.07) is 2.77. The number of nitrogens with one attached hydrogen (secondary N) is 1. The van der Waals surface area contributed by atoms with E-state index in [1.54, 1.807) is 4.90 Å². The summed E-state index contributed by atoms with van der Waals surface area (Å²) in [7, 11) is 0. The molecule has 8 heteroatoms. The molecule has 2 aliphatic heterocycles. The number of benzene rings is 1. The molecule has 0 radical (unpaired) electrons. The number of halogens is 1. The minimum Gasteiger partial charge on any atom is -0.490 e. The van der Waals surface area contributed by atoms with Crippen molar-refractivity contribution in [3.63, 3.8) is 0 Å². The Bertz CT molecular complexity index is 807. The van der Waals surface area contributed by atoms with E-state index < -0.39 is 23.1 Å². The Kier molecular flexibility index (Phi) is 5.76. The van der Waals surface area contributed by atoms with Gasteiger partial charge in [-0.3, -0.25) is 4.79 Å². The summed E-state index contributed by atoms with van der Waals surface area (Å²) >= 11 is 0. The molecule has 3 rings (SSSR count). The molecule has 2 N–H and O–H groups in total. The first-order valence-corrected chi connectivity index (χ1v) is 9.93. The molecule has 0 saturated carbocycles. The normalized spacial score (nSPS) is 24.6. The first-order chi connectivity index (χ1) is 13.5. The van der Waals surface area contributed by atoms with Gasteiger partial charge in [0.25, 0.3) is 0 Å². The molecule has 0 aliphatic carbocycles. The lowest BCUT2D eigenvalue weighted by atomic mass is 9.83. The molecule has 0 unspecified atom stereocenters. The van der Waals surface area contributed by atoms with Crippen LogP contribution in [0.25, 0.3) is 0 Å². The van der Waals surface area contributed by atoms with Gasteiger partial charge in [0.15, 0.2) is 0 Å². The van der Waals surface area contributed by atoms with E-state index in [0.29, 0.717) is 37.2 Å². The second kappa shape index (κ2) is 7.82. The number of likely N-dealkylation sites (tertiary alicyclic amines) is 1. The molecule has 2 atom stereocenters. The summed E-state index contributed by atoms with van der Waals surface area (Å²) < 4.78 is 25.3. The van der Waals surface area contributed by atoms with Gasteiger partial charge in [-0.2, -0.15) is 0 Å². The van der Waals surface area contributed by atoms with Crippen LogP contribution in [-0.2, 0) is 16.0 Å². The molecule has 0 aromatic heterocycles. The molecule has 2 amide bonds. The Hall–Kier alpha value is -2.35. The average molecular weight is 408 g/mol. The smallest absolute Gasteiger partial charge is 0.410 e. The van der Waals surface area contributed by atoms with Crippen molar-refractivity contribution in [3.05, 3.63) is 23.5 Å². The molecule has 29 heavy (non-hydrogen) atoms. The maximum Gasteiger partial charge on any atom is 0.410 e. The van der Waals surface area contributed by atoms with E-state index in [0.717, 1.165) is 0 Å². The van der Waals surface area contributed by atoms with Crippen LogP contribution in [-0.4, -0.2) is 52.9 Å². The van der Waals surface area contributed by atoms with Crippen molar-refractivity contribution in [3.8, 4) is 5.75 Å². The zero-order chi connectivity index (χ0) is 21.4. The van der Waals surface area contributed by atoms with E-state index in [1.807, 2.05) is 27.7 Å². The number of ether oxygens (including phenoxy) is 2. The number of piperidine rings is 1. The van der Waals surface area contributed by atoms with Gasteiger partial charge in [-0.25, -0.2) is 9.18 Å². The van der Waals surface area contributed by atoms with Crippen LogP contribution in [0.15, 0.2) is 12.1 Å². The van der Waals surface area contributed by atoms with E-state index in [4.69, 9.17) is 9.47 Å². The summed E-state index contributed by atoms with van der Waals surface area (Å²) in [5, 5.41) is 13.6. The van der Waals surface area contributed by atoms with Crippen molar-refractivity contribution in [1.82, 2.24) is 4.90 Å². The number of hydrogen-bond acceptors (Lipinski definition) is 5. The fourth-order valence-electron chi connectivity index (χ4n) is 3.64. The molecule has 2 aliphatic rings. The van der Waals surface area contributed by atoms with Crippen LogP contribution in [0.5, 0.6) is 5.75 Å². The van der Waals surface area contributed by atoms with Crippen LogP contribution >= 0.6 is 0 Å². The van der Waals surface area contributed by atoms with Crippen molar-refractivity contribution in [1.29, 1.82) is 0 Å². The highest BCUT2D eigenvalue weighted by atomic mass is 19.1. The van der Waals surface area contributed by atoms with Gasteiger partial charge in [-0.05, 0) is 45.7 Å². The number of carbonyl (C=O) groups is 2. The number of aliphatic hydroxyl groups is 1. The number of nitrogens with zero attached hydrogens (tertiary/aromatic N) is 1. The maximum absolute atomic E-state index is 14.0. The zero-order valence-electron chi connectivity index (χ0n) is 17.4. The molecular formula is C21H29FN2O5. The highest BCUT2D eigenvalue weighted by Crippen LogP contribution is 2.35. The molecule has 1 fully saturated rings. The fourth-order valence-corrected chi connectivity index (χ4v) is 3.64. The summed E-state index contributed by atoms with van der Waals surface area (Å²) in [6.07, 6.45) is 0.594. The average Bonchev–Trinajstić information content (AvgIpc) is 2.62. The van der Waals surface area contributed by atoms with E-state index in [9.17, 15) is 19.1 Å². The zero-order valence-corrected chi connectivity index (χ0v) is 17.4. The molecule has 0 spiro atoms. The van der Waals surface area contributed by atoms with Crippen LogP contribution in [0.3, 0.4) is 0 Å². The number of rotatable bonds is 3. The number of fused-ring (bicyclic) bond motifs is 1. The van der Waals surface area contributed by atoms with Crippen LogP contribution in [0, 0.1) is 11.7 Å². The van der Waals surface area contributed by atoms with Crippen molar-refractivity contribution < 1.29 is 28.6 Å². The molecular weight excluding hydrogens is 379 g/mol. The van der Waals surface area contributed by atoms with Crippen LogP contribution in [0.2, 0.25) is 0 Å². The van der Waals surface area contributed by atoms with Gasteiger partial charge < -0.3 is 24.8 Å². The third kappa shape index (κ3) is 4.80. The predicted molar refractivity (Wildman–Crippen MR) is 105 cm³/mol. The second-order valence-corrected chi connectivity index (χ2v) is 8.92. The summed E-state index contributed by atoms with van der Waals surface area (Å²) in [5.74, 6) is -0.509. The molecule has 2 heterocycles. The van der Waals surface area contributed by atoms with Crippen molar-refractivity contribution >= 4 is 17.7 Å². The standard InChI is InChI=1S/C21H29FN2O5/c1-13-11-24(19(26)29-20(2,3)4)10-9-21(13,27)12-28-16-7-6-15(22)18-14(16)5-8-17(25)23-18/h6-7,13,27H,5,8-12H2,1-4H3,(H,23,25)/t13-,21+/m0/s1. The highest BCUT2D eigenvalue weighted by molar-refractivity contribution is 5.94. The largest absolute Gasteiger partial charge is 0.490 e. The van der Waals surface area contributed by atoms with Gasteiger partial charge in [-0.15, -0.1) is 0 Å². The van der Waals surface area contributed by atoms with E-state index in [1.165, 1.54) is 12.1 Å². The molecule has 1 aromatic rings. The number of amides is 2. The van der Waals surface area contributed by atoms with Crippen molar-refractivity contribution in [2.24, 2.45) is 5.92 Å². The summed E-state index contributed by atoms with van der Waals surface area (Å²) in [5.41, 5.74) is -0.947. The number of carbonyl (C=O) groups excluding carboxylic acids is 2. The first-order valence-electron chi connectivity index (χ1n) is 9.93. The first kappa shape index (κ1) is 21.4. The van der Waals surface area contributed by atoms with Gasteiger partial charge in [0.1, 0.15) is 29.4 Å². The molecule has 7 nitrogen and oxygen atoms in total. The topological polar surface area (TPSA) is 88.1 Å². The van der Waals surface area contributed by atoms with E-state index in [-0.39, 0.29) is 30.5 Å². The monoisotopic (exact) mass is 408 g/mol. The molecule has 160 valence electrons. The van der Waals surface area contributed by atoms with Gasteiger partial charge >= 0.3 is 6.09 Å². The van der Waals surface area contributed by atoms with E-state index in [2.05, 4.69) is 5.32 Å². The lowest BCUT2D eigenvalue weighted by molar-refractivity contribution is -0.116. The molecule has 1 saturated heterocycles. The number of hydrogen-bond donors (Lipinski definition) is 2. The van der Waals surface area contributed by atoms with Crippen LogP contribution in [0.1, 0.15) is 46.1 Å². The van der Waals surface area contributed by atoms with Crippen molar-refractivity contribution in [2.45, 2.75) is 58.2 Å². The molecule has 0 bridgehead atoms. The highest BCUT2D eigenvalue weighted by Gasteiger charge is 2.42. The van der Waals surface area contributed by atoms with Gasteiger partial charge in [0.05, 0.1) is 5.69 Å². The van der Waals surface area contributed by atoms with Crippen molar-refractivity contribution in [2.75, 3.05) is 25.0 Å². The Morgan fingerprint density at radius 2 is 2.10 bits per heavy atom. The SMILES string of the molecule is C[C@H]1CN(C(=O)OC(C)(C)C)CC[C@@]1(O)COc1ccc(F)c2c1CCC(=O)N2. The van der Waals surface area contributed by atoms with Gasteiger partial charge in [-0.1, -0.05) is 6.92 Å². The molecule has 1 aromatic carbocycles. The third-order valence-corrected chi connectivity index (χ3v) is 5.44. The Morgan fingerprint density at radius 3 is 2.76 bits per heavy atom. The third-order valence-electron chi connectivity index (χ3n) is 5.44. The minimum atomic E-state index is -1.13. The van der Waals surface area contributed by atoms with Gasteiger partial charge in [0, 0.05) is 31.0 Å².